The predicted octanol–water partition coefficient (Wildman–Crippen LogP) is 1.61. The summed E-state index contributed by atoms with van der Waals surface area (Å²) < 4.78 is 10.8. The third-order valence-electron chi connectivity index (χ3n) is 4.38. The molecule has 1 aliphatic rings. The number of aliphatic imine (C=N–C) groups is 1. The number of hydrogen-bond acceptors (Lipinski definition) is 5. The van der Waals surface area contributed by atoms with E-state index in [4.69, 9.17) is 9.15 Å². The van der Waals surface area contributed by atoms with Crippen LogP contribution in [-0.4, -0.2) is 66.5 Å². The molecule has 1 fully saturated rings. The van der Waals surface area contributed by atoms with Crippen LogP contribution in [-0.2, 0) is 6.54 Å². The van der Waals surface area contributed by atoms with E-state index in [-0.39, 0.29) is 5.91 Å². The second-order valence-electron chi connectivity index (χ2n) is 6.06. The van der Waals surface area contributed by atoms with E-state index in [2.05, 4.69) is 20.2 Å². The molecule has 8 nitrogen and oxygen atoms in total. The van der Waals surface area contributed by atoms with E-state index in [1.807, 2.05) is 19.1 Å². The van der Waals surface area contributed by atoms with Gasteiger partial charge in [0.2, 0.25) is 5.88 Å². The van der Waals surface area contributed by atoms with Crippen molar-refractivity contribution in [1.29, 1.82) is 0 Å². The van der Waals surface area contributed by atoms with Crippen LogP contribution in [0.2, 0.25) is 0 Å². The molecule has 0 spiro atoms. The number of aromatic nitrogens is 1. The van der Waals surface area contributed by atoms with Crippen molar-refractivity contribution < 1.29 is 13.9 Å². The highest BCUT2D eigenvalue weighted by Crippen LogP contribution is 2.14. The highest BCUT2D eigenvalue weighted by molar-refractivity contribution is 5.91. The SMILES string of the molecule is CCOc1ncccc1CNC(=NC)N1CCN(C(=O)c2ccco2)CC1. The molecular weight excluding hydrogens is 346 g/mol. The number of nitrogens with one attached hydrogen (secondary N) is 1. The summed E-state index contributed by atoms with van der Waals surface area (Å²) in [5, 5.41) is 3.36. The lowest BCUT2D eigenvalue weighted by Gasteiger charge is -2.36. The molecule has 0 atom stereocenters. The standard InChI is InChI=1S/C19H25N5O3/c1-3-26-17-15(6-4-8-21-17)14-22-19(20-2)24-11-9-23(10-12-24)18(25)16-7-5-13-27-16/h4-8,13H,3,9-12,14H2,1-2H3,(H,20,22). The van der Waals surface area contributed by atoms with E-state index in [0.29, 0.717) is 51.0 Å². The molecule has 0 radical (unpaired) electrons. The van der Waals surface area contributed by atoms with Crippen molar-refractivity contribution in [2.45, 2.75) is 13.5 Å². The molecule has 0 aliphatic carbocycles. The largest absolute Gasteiger partial charge is 0.478 e. The molecule has 8 heteroatoms. The zero-order valence-electron chi connectivity index (χ0n) is 15.7. The molecule has 1 N–H and O–H groups in total. The van der Waals surface area contributed by atoms with Crippen molar-refractivity contribution in [2.75, 3.05) is 39.8 Å². The zero-order valence-corrected chi connectivity index (χ0v) is 15.7. The van der Waals surface area contributed by atoms with Gasteiger partial charge in [-0.25, -0.2) is 4.98 Å². The summed E-state index contributed by atoms with van der Waals surface area (Å²) in [6, 6.07) is 7.29. The second kappa shape index (κ2) is 9.07. The average Bonchev–Trinajstić information content (AvgIpc) is 3.24. The Balaban J connectivity index is 1.54. The number of guanidine groups is 1. The fraction of sp³-hybridized carbons (Fsp3) is 0.421. The van der Waals surface area contributed by atoms with Gasteiger partial charge < -0.3 is 24.3 Å². The lowest BCUT2D eigenvalue weighted by atomic mass is 10.2. The van der Waals surface area contributed by atoms with Crippen molar-refractivity contribution in [1.82, 2.24) is 20.1 Å². The van der Waals surface area contributed by atoms with Crippen LogP contribution in [0.1, 0.15) is 23.0 Å². The number of furan rings is 1. The van der Waals surface area contributed by atoms with Gasteiger partial charge in [-0.3, -0.25) is 9.79 Å². The number of pyridine rings is 1. The molecule has 3 rings (SSSR count). The lowest BCUT2D eigenvalue weighted by Crippen LogP contribution is -2.53. The summed E-state index contributed by atoms with van der Waals surface area (Å²) in [6.45, 7) is 5.74. The summed E-state index contributed by atoms with van der Waals surface area (Å²) in [5.74, 6) is 1.74. The van der Waals surface area contributed by atoms with Crippen LogP contribution in [0, 0.1) is 0 Å². The van der Waals surface area contributed by atoms with Gasteiger partial charge in [-0.1, -0.05) is 6.07 Å². The maximum absolute atomic E-state index is 12.4. The van der Waals surface area contributed by atoms with Gasteiger partial charge in [-0.2, -0.15) is 0 Å². The van der Waals surface area contributed by atoms with Gasteiger partial charge in [0, 0.05) is 51.5 Å². The Morgan fingerprint density at radius 3 is 2.70 bits per heavy atom. The van der Waals surface area contributed by atoms with Gasteiger partial charge in [-0.15, -0.1) is 0 Å². The summed E-state index contributed by atoms with van der Waals surface area (Å²) in [5.41, 5.74) is 0.979. The first-order valence-electron chi connectivity index (χ1n) is 9.08. The first-order valence-corrected chi connectivity index (χ1v) is 9.08. The Morgan fingerprint density at radius 1 is 1.26 bits per heavy atom. The quantitative estimate of drug-likeness (QED) is 0.635. The number of rotatable bonds is 5. The predicted molar refractivity (Wildman–Crippen MR) is 102 cm³/mol. The molecule has 144 valence electrons. The number of hydrogen-bond donors (Lipinski definition) is 1. The van der Waals surface area contributed by atoms with Crippen molar-refractivity contribution >= 4 is 11.9 Å². The normalized spacial score (nSPS) is 15.0. The van der Waals surface area contributed by atoms with E-state index in [9.17, 15) is 4.79 Å². The van der Waals surface area contributed by atoms with Crippen LogP contribution < -0.4 is 10.1 Å². The Bertz CT molecular complexity index is 767. The number of nitrogens with zero attached hydrogens (tertiary/aromatic N) is 4. The Kier molecular flexibility index (Phi) is 6.30. The minimum Gasteiger partial charge on any atom is -0.478 e. The molecular formula is C19H25N5O3. The maximum atomic E-state index is 12.4. The Labute approximate surface area is 158 Å². The summed E-state index contributed by atoms with van der Waals surface area (Å²) in [4.78, 5) is 24.9. The molecule has 1 aliphatic heterocycles. The summed E-state index contributed by atoms with van der Waals surface area (Å²) in [7, 11) is 1.76. The number of amides is 1. The topological polar surface area (TPSA) is 83.2 Å². The third-order valence-corrected chi connectivity index (χ3v) is 4.38. The van der Waals surface area contributed by atoms with Crippen LogP contribution in [0.25, 0.3) is 0 Å². The van der Waals surface area contributed by atoms with Crippen molar-refractivity contribution in [3.05, 3.63) is 48.0 Å². The van der Waals surface area contributed by atoms with E-state index in [1.165, 1.54) is 6.26 Å². The van der Waals surface area contributed by atoms with Crippen LogP contribution in [0.15, 0.2) is 46.1 Å². The van der Waals surface area contributed by atoms with Gasteiger partial charge in [-0.05, 0) is 25.1 Å². The van der Waals surface area contributed by atoms with Gasteiger partial charge in [0.15, 0.2) is 11.7 Å². The van der Waals surface area contributed by atoms with Crippen molar-refractivity contribution in [2.24, 2.45) is 4.99 Å². The molecule has 0 saturated carbocycles. The Morgan fingerprint density at radius 2 is 2.04 bits per heavy atom. The van der Waals surface area contributed by atoms with Gasteiger partial charge in [0.05, 0.1) is 12.9 Å². The minimum atomic E-state index is -0.0701. The molecule has 27 heavy (non-hydrogen) atoms. The van der Waals surface area contributed by atoms with Crippen molar-refractivity contribution in [3.8, 4) is 5.88 Å². The molecule has 2 aromatic heterocycles. The fourth-order valence-corrected chi connectivity index (χ4v) is 3.01. The molecule has 0 unspecified atom stereocenters. The van der Waals surface area contributed by atoms with Gasteiger partial charge in [0.25, 0.3) is 5.91 Å². The average molecular weight is 371 g/mol. The fourth-order valence-electron chi connectivity index (χ4n) is 3.01. The first kappa shape index (κ1) is 18.8. The minimum absolute atomic E-state index is 0.0701. The number of carbonyl (C=O) groups is 1. The van der Waals surface area contributed by atoms with E-state index in [0.717, 1.165) is 11.5 Å². The molecule has 3 heterocycles. The molecule has 0 aromatic carbocycles. The molecule has 1 amide bonds. The molecule has 2 aromatic rings. The summed E-state index contributed by atoms with van der Waals surface area (Å²) in [6.07, 6.45) is 3.24. The number of ether oxygens (including phenoxy) is 1. The van der Waals surface area contributed by atoms with Crippen molar-refractivity contribution in [3.63, 3.8) is 0 Å². The van der Waals surface area contributed by atoms with Gasteiger partial charge >= 0.3 is 0 Å². The van der Waals surface area contributed by atoms with Crippen LogP contribution in [0.4, 0.5) is 0 Å². The van der Waals surface area contributed by atoms with E-state index < -0.39 is 0 Å². The number of carbonyl (C=O) groups excluding carboxylic acids is 1. The molecule has 1 saturated heterocycles. The Hall–Kier alpha value is -3.03. The van der Waals surface area contributed by atoms with Crippen LogP contribution in [0.3, 0.4) is 0 Å². The lowest BCUT2D eigenvalue weighted by molar-refractivity contribution is 0.0657. The van der Waals surface area contributed by atoms with Gasteiger partial charge in [0.1, 0.15) is 0 Å². The highest BCUT2D eigenvalue weighted by Gasteiger charge is 2.25. The zero-order chi connectivity index (χ0) is 19.1. The highest BCUT2D eigenvalue weighted by atomic mass is 16.5. The molecule has 0 bridgehead atoms. The van der Waals surface area contributed by atoms with E-state index in [1.54, 1.807) is 30.3 Å². The second-order valence-corrected chi connectivity index (χ2v) is 6.06. The monoisotopic (exact) mass is 371 g/mol. The van der Waals surface area contributed by atoms with Crippen LogP contribution >= 0.6 is 0 Å². The smallest absolute Gasteiger partial charge is 0.289 e. The first-order chi connectivity index (χ1) is 13.2. The maximum Gasteiger partial charge on any atom is 0.289 e. The third kappa shape index (κ3) is 4.58. The number of piperazine rings is 1. The summed E-state index contributed by atoms with van der Waals surface area (Å²) >= 11 is 0. The van der Waals surface area contributed by atoms with E-state index >= 15 is 0 Å². The van der Waals surface area contributed by atoms with Crippen LogP contribution in [0.5, 0.6) is 5.88 Å².